The zero-order chi connectivity index (χ0) is 24.1. The smallest absolute Gasteiger partial charge is 0.277 e. The van der Waals surface area contributed by atoms with Gasteiger partial charge in [0.05, 0.1) is 19.3 Å². The Kier molecular flexibility index (Phi) is 7.88. The molecule has 9 nitrogen and oxygen atoms in total. The second kappa shape index (κ2) is 10.6. The van der Waals surface area contributed by atoms with Gasteiger partial charge in [0, 0.05) is 24.4 Å². The van der Waals surface area contributed by atoms with Gasteiger partial charge in [0.25, 0.3) is 11.7 Å². The average Bonchev–Trinajstić information content (AvgIpc) is 3.10. The predicted octanol–water partition coefficient (Wildman–Crippen LogP) is 2.05. The lowest BCUT2D eigenvalue weighted by molar-refractivity contribution is -0.676. The van der Waals surface area contributed by atoms with Crippen molar-refractivity contribution >= 4 is 40.1 Å². The van der Waals surface area contributed by atoms with Gasteiger partial charge >= 0.3 is 0 Å². The van der Waals surface area contributed by atoms with E-state index >= 15 is 0 Å². The number of carbonyl (C=O) groups excluding carboxylic acids is 1. The average molecular weight is 472 g/mol. The van der Waals surface area contributed by atoms with Crippen LogP contribution in [0.15, 0.2) is 31.0 Å². The van der Waals surface area contributed by atoms with Crippen molar-refractivity contribution in [2.75, 3.05) is 32.9 Å². The van der Waals surface area contributed by atoms with Crippen LogP contribution in [0, 0.1) is 0 Å². The summed E-state index contributed by atoms with van der Waals surface area (Å²) in [5, 5.41) is 6.42. The molecule has 0 atom stereocenters. The molecule has 0 spiro atoms. The Morgan fingerprint density at radius 1 is 1.30 bits per heavy atom. The van der Waals surface area contributed by atoms with Crippen LogP contribution in [0.4, 0.5) is 5.82 Å². The number of imidazole rings is 1. The Morgan fingerprint density at radius 2 is 2.06 bits per heavy atom. The Labute approximate surface area is 199 Å². The molecule has 0 saturated carbocycles. The van der Waals surface area contributed by atoms with Crippen molar-refractivity contribution in [3.63, 3.8) is 0 Å². The molecule has 1 amide bonds. The van der Waals surface area contributed by atoms with Crippen LogP contribution in [0.2, 0.25) is 5.15 Å². The van der Waals surface area contributed by atoms with E-state index in [0.717, 1.165) is 54.3 Å². The number of amides is 1. The van der Waals surface area contributed by atoms with Crippen molar-refractivity contribution in [1.29, 1.82) is 0 Å². The highest BCUT2D eigenvalue weighted by Gasteiger charge is 2.25. The van der Waals surface area contributed by atoms with Crippen molar-refractivity contribution in [2.45, 2.75) is 33.5 Å². The topological polar surface area (TPSA) is 105 Å². The maximum Gasteiger partial charge on any atom is 0.277 e. The van der Waals surface area contributed by atoms with Gasteiger partial charge in [-0.3, -0.25) is 4.79 Å². The standard InChI is InChI=1S/C23H31ClN8O/c1-6-31-17-9-8-16(15(3)26-10-11-30(4)5)12-18(17)32(7-2)20(31)14-28-23(33)21-22(25)27-13-19(24)29-21/h8-9,12-13,26H,3,6-7,10-11,14H2,1-2,4-5H3,(H2-,25,27,28,33)/p+1. The first-order valence-corrected chi connectivity index (χ1v) is 11.3. The van der Waals surface area contributed by atoms with Gasteiger partial charge in [-0.05, 0) is 46.1 Å². The lowest BCUT2D eigenvalue weighted by atomic mass is 10.1. The molecule has 4 N–H and O–H groups in total. The summed E-state index contributed by atoms with van der Waals surface area (Å²) in [5.74, 6) is 0.596. The first-order valence-electron chi connectivity index (χ1n) is 11.0. The molecule has 0 aliphatic heterocycles. The number of hydrogen-bond acceptors (Lipinski definition) is 6. The number of fused-ring (bicyclic) bond motifs is 1. The maximum atomic E-state index is 12.7. The van der Waals surface area contributed by atoms with E-state index in [2.05, 4.69) is 73.3 Å². The van der Waals surface area contributed by atoms with Gasteiger partial charge in [-0.2, -0.15) is 0 Å². The summed E-state index contributed by atoms with van der Waals surface area (Å²) in [6, 6.07) is 6.32. The van der Waals surface area contributed by atoms with Crippen LogP contribution in [0.25, 0.3) is 16.7 Å². The van der Waals surface area contributed by atoms with Crippen LogP contribution < -0.4 is 20.9 Å². The van der Waals surface area contributed by atoms with Crippen LogP contribution in [0.5, 0.6) is 0 Å². The normalized spacial score (nSPS) is 11.2. The Morgan fingerprint density at radius 3 is 2.73 bits per heavy atom. The van der Waals surface area contributed by atoms with E-state index in [4.69, 9.17) is 17.3 Å². The van der Waals surface area contributed by atoms with E-state index in [1.807, 2.05) is 14.1 Å². The summed E-state index contributed by atoms with van der Waals surface area (Å²) in [6.07, 6.45) is 1.31. The molecule has 0 unspecified atom stereocenters. The number of halogens is 1. The quantitative estimate of drug-likeness (QED) is 0.391. The number of hydrogen-bond donors (Lipinski definition) is 3. The number of anilines is 1. The summed E-state index contributed by atoms with van der Waals surface area (Å²) >= 11 is 5.88. The second-order valence-corrected chi connectivity index (χ2v) is 8.31. The number of nitrogens with two attached hydrogens (primary N) is 1. The summed E-state index contributed by atoms with van der Waals surface area (Å²) in [6.45, 7) is 11.9. The number of nitrogen functional groups attached to an aromatic ring is 1. The third-order valence-electron chi connectivity index (χ3n) is 5.45. The molecule has 2 heterocycles. The fourth-order valence-electron chi connectivity index (χ4n) is 3.80. The molecule has 0 aliphatic carbocycles. The molecule has 1 aromatic carbocycles. The minimum Gasteiger partial charge on any atom is -0.384 e. The molecule has 176 valence electrons. The van der Waals surface area contributed by atoms with Gasteiger partial charge < -0.3 is 21.3 Å². The van der Waals surface area contributed by atoms with Crippen molar-refractivity contribution in [3.8, 4) is 0 Å². The molecule has 0 radical (unpaired) electrons. The molecule has 0 aliphatic rings. The van der Waals surface area contributed by atoms with E-state index < -0.39 is 5.91 Å². The molecular formula is C23H32ClN8O+. The lowest BCUT2D eigenvalue weighted by Gasteiger charge is -2.13. The van der Waals surface area contributed by atoms with E-state index in [1.165, 1.54) is 6.20 Å². The predicted molar refractivity (Wildman–Crippen MR) is 132 cm³/mol. The Bertz CT molecular complexity index is 1170. The number of aryl methyl sites for hydroxylation is 2. The largest absolute Gasteiger partial charge is 0.384 e. The fraction of sp³-hybridized carbons (Fsp3) is 0.391. The number of rotatable bonds is 10. The SMILES string of the molecule is C=C(NCCN(C)C)c1ccc2c(c1)n(CC)c(CNC(=O)c1nc(Cl)cnc1N)[n+]2CC. The number of carbonyl (C=O) groups is 1. The van der Waals surface area contributed by atoms with Gasteiger partial charge in [0.15, 0.2) is 22.5 Å². The fourth-order valence-corrected chi connectivity index (χ4v) is 3.93. The molecule has 0 saturated heterocycles. The molecule has 0 fully saturated rings. The zero-order valence-electron chi connectivity index (χ0n) is 19.7. The molecule has 2 aromatic heterocycles. The summed E-state index contributed by atoms with van der Waals surface area (Å²) in [5.41, 5.74) is 9.93. The van der Waals surface area contributed by atoms with Gasteiger partial charge in [-0.1, -0.05) is 18.2 Å². The van der Waals surface area contributed by atoms with E-state index in [9.17, 15) is 4.79 Å². The summed E-state index contributed by atoms with van der Waals surface area (Å²) in [7, 11) is 4.09. The zero-order valence-corrected chi connectivity index (χ0v) is 20.4. The minimum atomic E-state index is -0.419. The van der Waals surface area contributed by atoms with E-state index in [1.54, 1.807) is 0 Å². The van der Waals surface area contributed by atoms with Crippen molar-refractivity contribution in [2.24, 2.45) is 0 Å². The van der Waals surface area contributed by atoms with Gasteiger partial charge in [0.2, 0.25) is 0 Å². The summed E-state index contributed by atoms with van der Waals surface area (Å²) in [4.78, 5) is 22.7. The number of likely N-dealkylation sites (N-methyl/N-ethyl adjacent to an activating group) is 1. The van der Waals surface area contributed by atoms with Crippen LogP contribution >= 0.6 is 11.6 Å². The van der Waals surface area contributed by atoms with Crippen molar-refractivity contribution < 1.29 is 9.36 Å². The molecule has 33 heavy (non-hydrogen) atoms. The van der Waals surface area contributed by atoms with Crippen LogP contribution in [0.3, 0.4) is 0 Å². The lowest BCUT2D eigenvalue weighted by Crippen LogP contribution is -2.40. The number of nitrogens with one attached hydrogen (secondary N) is 2. The van der Waals surface area contributed by atoms with Crippen molar-refractivity contribution in [3.05, 3.63) is 53.2 Å². The van der Waals surface area contributed by atoms with Gasteiger partial charge in [-0.15, -0.1) is 0 Å². The first kappa shape index (κ1) is 24.5. The summed E-state index contributed by atoms with van der Waals surface area (Å²) < 4.78 is 4.39. The molecule has 3 rings (SSSR count). The Balaban J connectivity index is 1.89. The van der Waals surface area contributed by atoms with Crippen LogP contribution in [0.1, 0.15) is 35.7 Å². The minimum absolute atomic E-state index is 0.0205. The highest BCUT2D eigenvalue weighted by atomic mass is 35.5. The highest BCUT2D eigenvalue weighted by Crippen LogP contribution is 2.20. The number of aromatic nitrogens is 4. The highest BCUT2D eigenvalue weighted by molar-refractivity contribution is 6.29. The third-order valence-corrected chi connectivity index (χ3v) is 5.63. The Hall–Kier alpha value is -3.17. The van der Waals surface area contributed by atoms with Crippen molar-refractivity contribution in [1.82, 2.24) is 30.1 Å². The molecule has 0 bridgehead atoms. The third kappa shape index (κ3) is 5.43. The van der Waals surface area contributed by atoms with Gasteiger partial charge in [0.1, 0.15) is 11.7 Å². The van der Waals surface area contributed by atoms with Crippen LogP contribution in [-0.4, -0.2) is 52.5 Å². The number of benzene rings is 1. The number of nitrogens with zero attached hydrogens (tertiary/aromatic N) is 5. The van der Waals surface area contributed by atoms with E-state index in [0.29, 0.717) is 6.54 Å². The van der Waals surface area contributed by atoms with Crippen LogP contribution in [-0.2, 0) is 19.6 Å². The molecule has 3 aromatic rings. The van der Waals surface area contributed by atoms with E-state index in [-0.39, 0.29) is 16.7 Å². The first-order chi connectivity index (χ1) is 15.8. The molecular weight excluding hydrogens is 440 g/mol. The maximum absolute atomic E-state index is 12.7. The second-order valence-electron chi connectivity index (χ2n) is 7.93. The monoisotopic (exact) mass is 471 g/mol. The van der Waals surface area contributed by atoms with Gasteiger partial charge in [-0.25, -0.2) is 19.1 Å². The molecule has 10 heteroatoms.